The molecule has 1 heterocycles. The topological polar surface area (TPSA) is 42.7 Å². The third-order valence-electron chi connectivity index (χ3n) is 2.21. The minimum Gasteiger partial charge on any atom is -0.309 e. The summed E-state index contributed by atoms with van der Waals surface area (Å²) >= 11 is 0. The van der Waals surface area contributed by atoms with E-state index in [0.717, 1.165) is 25.2 Å². The third kappa shape index (κ3) is 4.93. The van der Waals surface area contributed by atoms with Crippen LogP contribution in [0.2, 0.25) is 0 Å². The van der Waals surface area contributed by atoms with Crippen molar-refractivity contribution >= 4 is 0 Å². The van der Waals surface area contributed by atoms with Gasteiger partial charge in [-0.05, 0) is 12.3 Å². The highest BCUT2D eigenvalue weighted by atomic mass is 15.4. The molecule has 1 aromatic rings. The van der Waals surface area contributed by atoms with Gasteiger partial charge in [-0.1, -0.05) is 32.9 Å². The zero-order chi connectivity index (χ0) is 11.3. The van der Waals surface area contributed by atoms with E-state index in [9.17, 15) is 0 Å². The van der Waals surface area contributed by atoms with Crippen LogP contribution in [0.25, 0.3) is 0 Å². The lowest BCUT2D eigenvalue weighted by molar-refractivity contribution is 0.478. The van der Waals surface area contributed by atoms with E-state index in [0.29, 0.717) is 12.0 Å². The Morgan fingerprint density at radius 3 is 2.67 bits per heavy atom. The smallest absolute Gasteiger partial charge is 0.0964 e. The normalized spacial score (nSPS) is 11.6. The van der Waals surface area contributed by atoms with Crippen molar-refractivity contribution in [2.45, 2.75) is 53.2 Å². The molecule has 0 aliphatic rings. The second-order valence-electron chi connectivity index (χ2n) is 4.69. The van der Waals surface area contributed by atoms with Gasteiger partial charge in [0, 0.05) is 25.3 Å². The van der Waals surface area contributed by atoms with Gasteiger partial charge >= 0.3 is 0 Å². The van der Waals surface area contributed by atoms with Crippen LogP contribution in [0.15, 0.2) is 6.20 Å². The largest absolute Gasteiger partial charge is 0.309 e. The molecule has 1 rings (SSSR count). The Balaban J connectivity index is 2.35. The predicted molar refractivity (Wildman–Crippen MR) is 61.5 cm³/mol. The van der Waals surface area contributed by atoms with Crippen LogP contribution in [0.1, 0.15) is 39.8 Å². The van der Waals surface area contributed by atoms with Crippen molar-refractivity contribution in [2.24, 2.45) is 5.92 Å². The molecule has 0 bridgehead atoms. The molecule has 0 spiro atoms. The molecule has 15 heavy (non-hydrogen) atoms. The molecule has 0 saturated carbocycles. The SMILES string of the molecule is CC(C)CCn1cc(CNC(C)C)nn1. The maximum absolute atomic E-state index is 4.12. The van der Waals surface area contributed by atoms with Crippen LogP contribution in [0.3, 0.4) is 0 Å². The molecule has 0 atom stereocenters. The Labute approximate surface area is 92.1 Å². The van der Waals surface area contributed by atoms with Crippen LogP contribution < -0.4 is 5.32 Å². The fourth-order valence-corrected chi connectivity index (χ4v) is 1.23. The zero-order valence-electron chi connectivity index (χ0n) is 10.2. The van der Waals surface area contributed by atoms with E-state index < -0.39 is 0 Å². The van der Waals surface area contributed by atoms with Gasteiger partial charge in [0.1, 0.15) is 0 Å². The van der Waals surface area contributed by atoms with E-state index in [-0.39, 0.29) is 0 Å². The molecule has 0 aromatic carbocycles. The van der Waals surface area contributed by atoms with Crippen LogP contribution in [-0.4, -0.2) is 21.0 Å². The number of hydrogen-bond acceptors (Lipinski definition) is 3. The van der Waals surface area contributed by atoms with E-state index in [4.69, 9.17) is 0 Å². The van der Waals surface area contributed by atoms with Crippen molar-refractivity contribution in [3.05, 3.63) is 11.9 Å². The van der Waals surface area contributed by atoms with Crippen molar-refractivity contribution < 1.29 is 0 Å². The Morgan fingerprint density at radius 2 is 2.07 bits per heavy atom. The van der Waals surface area contributed by atoms with Crippen molar-refractivity contribution in [3.63, 3.8) is 0 Å². The summed E-state index contributed by atoms with van der Waals surface area (Å²) in [6, 6.07) is 0.491. The lowest BCUT2D eigenvalue weighted by Gasteiger charge is -2.04. The Kier molecular flexibility index (Phi) is 4.75. The molecule has 0 fully saturated rings. The maximum atomic E-state index is 4.12. The van der Waals surface area contributed by atoms with Crippen LogP contribution in [0.5, 0.6) is 0 Å². The standard InChI is InChI=1S/C11H22N4/c1-9(2)5-6-15-8-11(13-14-15)7-12-10(3)4/h8-10,12H,5-7H2,1-4H3. The van der Waals surface area contributed by atoms with E-state index in [1.165, 1.54) is 0 Å². The van der Waals surface area contributed by atoms with E-state index in [1.54, 1.807) is 0 Å². The third-order valence-corrected chi connectivity index (χ3v) is 2.21. The molecule has 1 N–H and O–H groups in total. The average molecular weight is 210 g/mol. The quantitative estimate of drug-likeness (QED) is 0.779. The molecule has 4 nitrogen and oxygen atoms in total. The summed E-state index contributed by atoms with van der Waals surface area (Å²) in [6.07, 6.45) is 3.18. The molecular weight excluding hydrogens is 188 g/mol. The average Bonchev–Trinajstić information content (AvgIpc) is 2.59. The summed E-state index contributed by atoms with van der Waals surface area (Å²) in [4.78, 5) is 0. The molecule has 1 aromatic heterocycles. The second kappa shape index (κ2) is 5.85. The molecule has 0 unspecified atom stereocenters. The first-order chi connectivity index (χ1) is 7.08. The van der Waals surface area contributed by atoms with Crippen LogP contribution >= 0.6 is 0 Å². The summed E-state index contributed by atoms with van der Waals surface area (Å²) in [5.74, 6) is 0.714. The minimum absolute atomic E-state index is 0.491. The fraction of sp³-hybridized carbons (Fsp3) is 0.818. The second-order valence-corrected chi connectivity index (χ2v) is 4.69. The Hall–Kier alpha value is -0.900. The molecule has 0 aliphatic heterocycles. The minimum atomic E-state index is 0.491. The van der Waals surface area contributed by atoms with Crippen molar-refractivity contribution in [2.75, 3.05) is 0 Å². The van der Waals surface area contributed by atoms with Crippen LogP contribution in [0.4, 0.5) is 0 Å². The summed E-state index contributed by atoms with van der Waals surface area (Å²) in [6.45, 7) is 10.5. The van der Waals surface area contributed by atoms with Crippen molar-refractivity contribution in [1.82, 2.24) is 20.3 Å². The van der Waals surface area contributed by atoms with Crippen LogP contribution in [-0.2, 0) is 13.1 Å². The van der Waals surface area contributed by atoms with E-state index in [2.05, 4.69) is 43.3 Å². The Morgan fingerprint density at radius 1 is 1.33 bits per heavy atom. The van der Waals surface area contributed by atoms with Gasteiger partial charge in [0.2, 0.25) is 0 Å². The molecule has 0 aliphatic carbocycles. The number of hydrogen-bond donors (Lipinski definition) is 1. The first-order valence-corrected chi connectivity index (χ1v) is 5.70. The predicted octanol–water partition coefficient (Wildman–Crippen LogP) is 1.82. The van der Waals surface area contributed by atoms with Gasteiger partial charge in [-0.25, -0.2) is 0 Å². The number of aryl methyl sites for hydroxylation is 1. The van der Waals surface area contributed by atoms with Crippen molar-refractivity contribution in [3.8, 4) is 0 Å². The lowest BCUT2D eigenvalue weighted by atomic mass is 10.1. The Bertz CT molecular complexity index is 251. The first-order valence-electron chi connectivity index (χ1n) is 5.70. The molecule has 0 amide bonds. The highest BCUT2D eigenvalue weighted by Gasteiger charge is 2.02. The van der Waals surface area contributed by atoms with Gasteiger partial charge < -0.3 is 5.32 Å². The van der Waals surface area contributed by atoms with E-state index >= 15 is 0 Å². The zero-order valence-corrected chi connectivity index (χ0v) is 10.2. The van der Waals surface area contributed by atoms with E-state index in [1.807, 2.05) is 10.9 Å². The maximum Gasteiger partial charge on any atom is 0.0964 e. The highest BCUT2D eigenvalue weighted by molar-refractivity contribution is 4.91. The molecule has 4 heteroatoms. The molecular formula is C11H22N4. The summed E-state index contributed by atoms with van der Waals surface area (Å²) in [5, 5.41) is 11.5. The van der Waals surface area contributed by atoms with Gasteiger partial charge in [-0.2, -0.15) is 0 Å². The van der Waals surface area contributed by atoms with Gasteiger partial charge in [0.15, 0.2) is 0 Å². The molecule has 0 saturated heterocycles. The van der Waals surface area contributed by atoms with Crippen LogP contribution in [0, 0.1) is 5.92 Å². The molecule has 0 radical (unpaired) electrons. The first kappa shape index (κ1) is 12.2. The fourth-order valence-electron chi connectivity index (χ4n) is 1.23. The van der Waals surface area contributed by atoms with Gasteiger partial charge in [-0.3, -0.25) is 4.68 Å². The monoisotopic (exact) mass is 210 g/mol. The summed E-state index contributed by atoms with van der Waals surface area (Å²) < 4.78 is 1.93. The summed E-state index contributed by atoms with van der Waals surface area (Å²) in [5.41, 5.74) is 1.02. The van der Waals surface area contributed by atoms with Crippen molar-refractivity contribution in [1.29, 1.82) is 0 Å². The van der Waals surface area contributed by atoms with Gasteiger partial charge in [0.05, 0.1) is 5.69 Å². The number of rotatable bonds is 6. The number of nitrogens with zero attached hydrogens (tertiary/aromatic N) is 3. The van der Waals surface area contributed by atoms with Gasteiger partial charge in [0.25, 0.3) is 0 Å². The van der Waals surface area contributed by atoms with Gasteiger partial charge in [-0.15, -0.1) is 5.10 Å². The number of aromatic nitrogens is 3. The highest BCUT2D eigenvalue weighted by Crippen LogP contribution is 2.02. The summed E-state index contributed by atoms with van der Waals surface area (Å²) in [7, 11) is 0. The molecule has 86 valence electrons. The number of nitrogens with one attached hydrogen (secondary N) is 1. The lowest BCUT2D eigenvalue weighted by Crippen LogP contribution is -2.21.